The van der Waals surface area contributed by atoms with Crippen molar-refractivity contribution in [1.82, 2.24) is 20.5 Å². The van der Waals surface area contributed by atoms with Crippen LogP contribution >= 0.6 is 36.2 Å². The molecule has 0 bridgehead atoms. The van der Waals surface area contributed by atoms with Gasteiger partial charge in [0.05, 0.1) is 13.2 Å². The molecular formula is C12H17Cl2N5O2S. The molecule has 0 aliphatic rings. The summed E-state index contributed by atoms with van der Waals surface area (Å²) < 4.78 is 4.87. The SMILES string of the molecule is COCCNCC(=O)Nc1nnc(-c2ccccn2)s1.Cl.Cl. The van der Waals surface area contributed by atoms with Crippen molar-refractivity contribution in [2.45, 2.75) is 0 Å². The van der Waals surface area contributed by atoms with Crippen LogP contribution < -0.4 is 10.6 Å². The number of nitrogens with one attached hydrogen (secondary N) is 2. The topological polar surface area (TPSA) is 89.0 Å². The number of rotatable bonds is 7. The zero-order valence-electron chi connectivity index (χ0n) is 11.8. The normalized spacial score (nSPS) is 9.50. The largest absolute Gasteiger partial charge is 0.383 e. The number of halogens is 2. The van der Waals surface area contributed by atoms with Crippen LogP contribution in [0.4, 0.5) is 5.13 Å². The standard InChI is InChI=1S/C12H15N5O2S.2ClH/c1-19-7-6-13-8-10(18)15-12-17-16-11(20-12)9-4-2-3-5-14-9;;/h2-5,13H,6-8H2,1H3,(H,15,17,18);2*1H. The molecule has 0 aliphatic carbocycles. The van der Waals surface area contributed by atoms with Gasteiger partial charge >= 0.3 is 0 Å². The molecule has 2 aromatic rings. The van der Waals surface area contributed by atoms with E-state index in [1.807, 2.05) is 18.2 Å². The molecule has 10 heteroatoms. The van der Waals surface area contributed by atoms with Gasteiger partial charge in [0.1, 0.15) is 5.69 Å². The van der Waals surface area contributed by atoms with Gasteiger partial charge in [0.15, 0.2) is 5.01 Å². The number of carbonyl (C=O) groups excluding carboxylic acids is 1. The minimum atomic E-state index is -0.162. The van der Waals surface area contributed by atoms with Crippen LogP contribution in [0.3, 0.4) is 0 Å². The number of hydrogen-bond acceptors (Lipinski definition) is 7. The molecule has 0 radical (unpaired) electrons. The highest BCUT2D eigenvalue weighted by molar-refractivity contribution is 7.18. The van der Waals surface area contributed by atoms with Crippen molar-refractivity contribution in [3.05, 3.63) is 24.4 Å². The minimum absolute atomic E-state index is 0. The van der Waals surface area contributed by atoms with Gasteiger partial charge in [-0.3, -0.25) is 15.1 Å². The fourth-order valence-electron chi connectivity index (χ4n) is 1.41. The van der Waals surface area contributed by atoms with E-state index < -0.39 is 0 Å². The Hall–Kier alpha value is -1.32. The Kier molecular flexibility index (Phi) is 10.6. The first kappa shape index (κ1) is 20.7. The van der Waals surface area contributed by atoms with Gasteiger partial charge in [0, 0.05) is 19.9 Å². The van der Waals surface area contributed by atoms with Crippen molar-refractivity contribution in [3.63, 3.8) is 0 Å². The van der Waals surface area contributed by atoms with Crippen molar-refractivity contribution in [2.24, 2.45) is 0 Å². The van der Waals surface area contributed by atoms with Crippen LogP contribution in [0.2, 0.25) is 0 Å². The summed E-state index contributed by atoms with van der Waals surface area (Å²) in [5, 5.41) is 14.7. The van der Waals surface area contributed by atoms with Crippen LogP contribution in [0, 0.1) is 0 Å². The lowest BCUT2D eigenvalue weighted by atomic mass is 10.4. The highest BCUT2D eigenvalue weighted by Gasteiger charge is 2.09. The molecule has 122 valence electrons. The van der Waals surface area contributed by atoms with Crippen LogP contribution in [0.25, 0.3) is 10.7 Å². The molecular weight excluding hydrogens is 349 g/mol. The number of carbonyl (C=O) groups is 1. The lowest BCUT2D eigenvalue weighted by molar-refractivity contribution is -0.115. The van der Waals surface area contributed by atoms with E-state index in [4.69, 9.17) is 4.74 Å². The van der Waals surface area contributed by atoms with Crippen LogP contribution in [0.1, 0.15) is 0 Å². The van der Waals surface area contributed by atoms with Gasteiger partial charge in [-0.15, -0.1) is 35.0 Å². The maximum Gasteiger partial charge on any atom is 0.240 e. The third-order valence-electron chi connectivity index (χ3n) is 2.32. The van der Waals surface area contributed by atoms with Gasteiger partial charge in [-0.05, 0) is 12.1 Å². The number of amides is 1. The Labute approximate surface area is 144 Å². The summed E-state index contributed by atoms with van der Waals surface area (Å²) in [5.74, 6) is -0.162. The number of nitrogens with zero attached hydrogens (tertiary/aromatic N) is 3. The molecule has 0 spiro atoms. The summed E-state index contributed by atoms with van der Waals surface area (Å²) in [6, 6.07) is 5.55. The van der Waals surface area contributed by atoms with Gasteiger partial charge in [-0.25, -0.2) is 0 Å². The molecule has 0 saturated carbocycles. The van der Waals surface area contributed by atoms with E-state index in [0.29, 0.717) is 23.3 Å². The minimum Gasteiger partial charge on any atom is -0.383 e. The molecule has 22 heavy (non-hydrogen) atoms. The summed E-state index contributed by atoms with van der Waals surface area (Å²) in [6.07, 6.45) is 1.69. The first-order valence-electron chi connectivity index (χ1n) is 6.04. The van der Waals surface area contributed by atoms with E-state index in [2.05, 4.69) is 25.8 Å². The lowest BCUT2D eigenvalue weighted by Gasteiger charge is -2.02. The maximum absolute atomic E-state index is 11.6. The molecule has 0 aromatic carbocycles. The Morgan fingerprint density at radius 2 is 2.14 bits per heavy atom. The predicted molar refractivity (Wildman–Crippen MR) is 91.0 cm³/mol. The van der Waals surface area contributed by atoms with Crippen molar-refractivity contribution in [2.75, 3.05) is 32.1 Å². The molecule has 2 N–H and O–H groups in total. The second kappa shape index (κ2) is 11.3. The third-order valence-corrected chi connectivity index (χ3v) is 3.19. The molecule has 0 atom stereocenters. The second-order valence-corrected chi connectivity index (χ2v) is 4.82. The molecule has 0 unspecified atom stereocenters. The predicted octanol–water partition coefficient (Wildman–Crippen LogP) is 1.62. The third kappa shape index (κ3) is 6.63. The number of hydrogen-bond donors (Lipinski definition) is 2. The number of ether oxygens (including phenoxy) is 1. The van der Waals surface area contributed by atoms with Crippen LogP contribution in [0.15, 0.2) is 24.4 Å². The van der Waals surface area contributed by atoms with Crippen molar-refractivity contribution >= 4 is 47.2 Å². The van der Waals surface area contributed by atoms with E-state index in [1.54, 1.807) is 13.3 Å². The molecule has 2 rings (SSSR count). The number of pyridine rings is 1. The molecule has 0 fully saturated rings. The summed E-state index contributed by atoms with van der Waals surface area (Å²) in [4.78, 5) is 15.8. The van der Waals surface area contributed by atoms with Gasteiger partial charge in [-0.2, -0.15) is 0 Å². The second-order valence-electron chi connectivity index (χ2n) is 3.85. The summed E-state index contributed by atoms with van der Waals surface area (Å²) in [6.45, 7) is 1.40. The number of methoxy groups -OCH3 is 1. The monoisotopic (exact) mass is 365 g/mol. The highest BCUT2D eigenvalue weighted by Crippen LogP contribution is 2.23. The van der Waals surface area contributed by atoms with E-state index in [1.165, 1.54) is 11.3 Å². The average molecular weight is 366 g/mol. The van der Waals surface area contributed by atoms with Gasteiger partial charge < -0.3 is 10.1 Å². The van der Waals surface area contributed by atoms with E-state index in [0.717, 1.165) is 5.69 Å². The van der Waals surface area contributed by atoms with E-state index >= 15 is 0 Å². The maximum atomic E-state index is 11.6. The van der Waals surface area contributed by atoms with Gasteiger partial charge in [0.25, 0.3) is 0 Å². The van der Waals surface area contributed by atoms with Crippen LogP contribution in [-0.2, 0) is 9.53 Å². The van der Waals surface area contributed by atoms with Crippen LogP contribution in [0.5, 0.6) is 0 Å². The number of anilines is 1. The molecule has 0 aliphatic heterocycles. The zero-order valence-corrected chi connectivity index (χ0v) is 14.3. The van der Waals surface area contributed by atoms with Gasteiger partial charge in [0.2, 0.25) is 11.0 Å². The van der Waals surface area contributed by atoms with Crippen molar-refractivity contribution in [1.29, 1.82) is 0 Å². The first-order valence-corrected chi connectivity index (χ1v) is 6.85. The number of aromatic nitrogens is 3. The highest BCUT2D eigenvalue weighted by atomic mass is 35.5. The molecule has 0 saturated heterocycles. The fourth-order valence-corrected chi connectivity index (χ4v) is 2.14. The summed E-state index contributed by atoms with van der Waals surface area (Å²) in [7, 11) is 1.61. The smallest absolute Gasteiger partial charge is 0.240 e. The Balaban J connectivity index is 0.00000220. The fraction of sp³-hybridized carbons (Fsp3) is 0.333. The van der Waals surface area contributed by atoms with E-state index in [9.17, 15) is 4.79 Å². The van der Waals surface area contributed by atoms with Crippen molar-refractivity contribution in [3.8, 4) is 10.7 Å². The Morgan fingerprint density at radius 1 is 1.32 bits per heavy atom. The summed E-state index contributed by atoms with van der Waals surface area (Å²) in [5.41, 5.74) is 0.740. The van der Waals surface area contributed by atoms with E-state index in [-0.39, 0.29) is 37.3 Å². The van der Waals surface area contributed by atoms with Crippen molar-refractivity contribution < 1.29 is 9.53 Å². The quantitative estimate of drug-likeness (QED) is 0.724. The molecule has 7 nitrogen and oxygen atoms in total. The molecule has 2 aromatic heterocycles. The lowest BCUT2D eigenvalue weighted by Crippen LogP contribution is -2.30. The first-order chi connectivity index (χ1) is 9.79. The Morgan fingerprint density at radius 3 is 2.82 bits per heavy atom. The van der Waals surface area contributed by atoms with Crippen LogP contribution in [-0.4, -0.2) is 47.9 Å². The average Bonchev–Trinajstić information content (AvgIpc) is 2.93. The molecule has 2 heterocycles. The zero-order chi connectivity index (χ0) is 14.2. The Bertz CT molecular complexity index is 555. The summed E-state index contributed by atoms with van der Waals surface area (Å²) >= 11 is 1.29. The van der Waals surface area contributed by atoms with Gasteiger partial charge in [-0.1, -0.05) is 17.4 Å². The molecule has 1 amide bonds.